The van der Waals surface area contributed by atoms with Gasteiger partial charge in [0.05, 0.1) is 24.8 Å². The van der Waals surface area contributed by atoms with E-state index in [0.29, 0.717) is 30.2 Å². The lowest BCUT2D eigenvalue weighted by atomic mass is 9.90. The molecule has 0 aliphatic carbocycles. The summed E-state index contributed by atoms with van der Waals surface area (Å²) < 4.78 is 19.4. The second kappa shape index (κ2) is 7.84. The Hall–Kier alpha value is -2.15. The number of rotatable bonds is 4. The topological polar surface area (TPSA) is 53.1 Å². The molecule has 3 atom stereocenters. The van der Waals surface area contributed by atoms with E-state index in [1.54, 1.807) is 6.07 Å². The van der Waals surface area contributed by atoms with Crippen LogP contribution in [0.3, 0.4) is 0 Å². The van der Waals surface area contributed by atoms with Crippen molar-refractivity contribution in [1.29, 1.82) is 0 Å². The Kier molecular flexibility index (Phi) is 5.17. The first-order valence-electron chi connectivity index (χ1n) is 11.3. The molecule has 4 aliphatic heterocycles. The number of anilines is 1. The Bertz CT molecular complexity index is 833. The molecule has 3 fully saturated rings. The number of piperidine rings is 1. The van der Waals surface area contributed by atoms with E-state index in [9.17, 15) is 14.0 Å². The molecule has 2 amide bonds. The van der Waals surface area contributed by atoms with Crippen LogP contribution in [0.5, 0.6) is 0 Å². The van der Waals surface area contributed by atoms with Crippen LogP contribution in [0.15, 0.2) is 18.2 Å². The molecule has 1 aromatic rings. The Balaban J connectivity index is 1.20. The molecular formula is C23H30FN3O3. The molecule has 0 aromatic heterocycles. The first kappa shape index (κ1) is 19.8. The van der Waals surface area contributed by atoms with Crippen molar-refractivity contribution in [2.75, 3.05) is 31.1 Å². The van der Waals surface area contributed by atoms with Crippen LogP contribution in [-0.2, 0) is 16.0 Å². The van der Waals surface area contributed by atoms with Gasteiger partial charge in [0.15, 0.2) is 0 Å². The highest BCUT2D eigenvalue weighted by Gasteiger charge is 2.45. The van der Waals surface area contributed by atoms with Crippen molar-refractivity contribution in [3.05, 3.63) is 29.6 Å². The first-order valence-corrected chi connectivity index (χ1v) is 11.3. The SMILES string of the molecule is CCOC(=O)N1[C@H]2CC[C@H]1CC(CN1CC[C@H](N3C(=O)Cc4c(F)cccc43)C1)C2. The smallest absolute Gasteiger partial charge is 0.410 e. The van der Waals surface area contributed by atoms with Gasteiger partial charge in [0.2, 0.25) is 5.91 Å². The number of ether oxygens (including phenoxy) is 1. The Morgan fingerprint density at radius 2 is 1.93 bits per heavy atom. The monoisotopic (exact) mass is 415 g/mol. The average molecular weight is 416 g/mol. The fourth-order valence-electron chi connectivity index (χ4n) is 6.21. The molecule has 0 N–H and O–H groups in total. The van der Waals surface area contributed by atoms with Crippen LogP contribution in [-0.4, -0.2) is 66.2 Å². The molecule has 7 heteroatoms. The lowest BCUT2D eigenvalue weighted by Gasteiger charge is -2.39. The average Bonchev–Trinajstić information content (AvgIpc) is 3.37. The van der Waals surface area contributed by atoms with Crippen molar-refractivity contribution in [3.63, 3.8) is 0 Å². The molecule has 30 heavy (non-hydrogen) atoms. The zero-order valence-electron chi connectivity index (χ0n) is 17.6. The van der Waals surface area contributed by atoms with Gasteiger partial charge in [0, 0.05) is 37.3 Å². The molecule has 2 bridgehead atoms. The van der Waals surface area contributed by atoms with Crippen molar-refractivity contribution in [2.24, 2.45) is 5.92 Å². The number of likely N-dealkylation sites (tertiary alicyclic amines) is 1. The minimum Gasteiger partial charge on any atom is -0.450 e. The molecule has 0 unspecified atom stereocenters. The van der Waals surface area contributed by atoms with Crippen LogP contribution in [0, 0.1) is 11.7 Å². The molecule has 162 valence electrons. The molecule has 3 saturated heterocycles. The summed E-state index contributed by atoms with van der Waals surface area (Å²) in [6, 6.07) is 5.74. The summed E-state index contributed by atoms with van der Waals surface area (Å²) in [6.45, 7) is 5.10. The third-order valence-electron chi connectivity index (χ3n) is 7.39. The summed E-state index contributed by atoms with van der Waals surface area (Å²) in [4.78, 5) is 31.2. The lowest BCUT2D eigenvalue weighted by Crippen LogP contribution is -2.48. The fraction of sp³-hybridized carbons (Fsp3) is 0.652. The molecule has 5 rings (SSSR count). The van der Waals surface area contributed by atoms with Crippen LogP contribution in [0.25, 0.3) is 0 Å². The van der Waals surface area contributed by atoms with Gasteiger partial charge < -0.3 is 19.4 Å². The van der Waals surface area contributed by atoms with Gasteiger partial charge in [-0.3, -0.25) is 4.79 Å². The van der Waals surface area contributed by atoms with E-state index in [4.69, 9.17) is 4.74 Å². The summed E-state index contributed by atoms with van der Waals surface area (Å²) in [5.74, 6) is 0.315. The fourth-order valence-corrected chi connectivity index (χ4v) is 6.21. The minimum absolute atomic E-state index is 0.0164. The summed E-state index contributed by atoms with van der Waals surface area (Å²) in [5.41, 5.74) is 1.30. The number of halogens is 1. The Morgan fingerprint density at radius 3 is 2.67 bits per heavy atom. The number of fused-ring (bicyclic) bond motifs is 3. The second-order valence-electron chi connectivity index (χ2n) is 9.21. The summed E-state index contributed by atoms with van der Waals surface area (Å²) in [5, 5.41) is 0. The summed E-state index contributed by atoms with van der Waals surface area (Å²) in [7, 11) is 0. The molecule has 4 heterocycles. The van der Waals surface area contributed by atoms with E-state index in [-0.39, 0.29) is 30.3 Å². The van der Waals surface area contributed by atoms with Gasteiger partial charge in [0.25, 0.3) is 0 Å². The van der Waals surface area contributed by atoms with E-state index < -0.39 is 0 Å². The number of amides is 2. The number of hydrogen-bond acceptors (Lipinski definition) is 4. The van der Waals surface area contributed by atoms with E-state index in [0.717, 1.165) is 57.4 Å². The Morgan fingerprint density at radius 1 is 1.17 bits per heavy atom. The van der Waals surface area contributed by atoms with E-state index in [1.807, 2.05) is 22.8 Å². The number of benzene rings is 1. The summed E-state index contributed by atoms with van der Waals surface area (Å²) in [6.07, 6.45) is 5.17. The number of carbonyl (C=O) groups is 2. The third-order valence-corrected chi connectivity index (χ3v) is 7.39. The maximum absolute atomic E-state index is 14.1. The second-order valence-corrected chi connectivity index (χ2v) is 9.21. The molecule has 6 nitrogen and oxygen atoms in total. The quantitative estimate of drug-likeness (QED) is 0.758. The van der Waals surface area contributed by atoms with Gasteiger partial charge in [-0.15, -0.1) is 0 Å². The molecule has 0 radical (unpaired) electrons. The highest BCUT2D eigenvalue weighted by molar-refractivity contribution is 6.02. The molecule has 4 aliphatic rings. The molecule has 0 saturated carbocycles. The largest absolute Gasteiger partial charge is 0.450 e. The highest BCUT2D eigenvalue weighted by Crippen LogP contribution is 2.40. The van der Waals surface area contributed by atoms with E-state index in [1.165, 1.54) is 6.07 Å². The van der Waals surface area contributed by atoms with Crippen LogP contribution in [0.1, 0.15) is 44.6 Å². The maximum Gasteiger partial charge on any atom is 0.410 e. The lowest BCUT2D eigenvalue weighted by molar-refractivity contribution is -0.117. The van der Waals surface area contributed by atoms with E-state index >= 15 is 0 Å². The van der Waals surface area contributed by atoms with Gasteiger partial charge in [0.1, 0.15) is 5.82 Å². The Labute approximate surface area is 176 Å². The van der Waals surface area contributed by atoms with Crippen molar-refractivity contribution in [2.45, 2.75) is 63.6 Å². The van der Waals surface area contributed by atoms with Gasteiger partial charge in [-0.25, -0.2) is 9.18 Å². The van der Waals surface area contributed by atoms with E-state index in [2.05, 4.69) is 4.90 Å². The van der Waals surface area contributed by atoms with Crippen molar-refractivity contribution >= 4 is 17.7 Å². The minimum atomic E-state index is -0.276. The maximum atomic E-state index is 14.1. The van der Waals surface area contributed by atoms with Crippen LogP contribution >= 0.6 is 0 Å². The van der Waals surface area contributed by atoms with Gasteiger partial charge in [-0.05, 0) is 57.1 Å². The third kappa shape index (κ3) is 3.37. The number of hydrogen-bond donors (Lipinski definition) is 0. The summed E-state index contributed by atoms with van der Waals surface area (Å²) >= 11 is 0. The van der Waals surface area contributed by atoms with Gasteiger partial charge in [-0.2, -0.15) is 0 Å². The number of nitrogens with zero attached hydrogens (tertiary/aromatic N) is 3. The predicted molar refractivity (Wildman–Crippen MR) is 111 cm³/mol. The van der Waals surface area contributed by atoms with Crippen LogP contribution in [0.4, 0.5) is 14.9 Å². The normalized spacial score (nSPS) is 30.8. The first-order chi connectivity index (χ1) is 14.5. The standard InChI is InChI=1S/C23H30FN3O3/c1-2-30-23(29)26-16-6-7-17(26)11-15(10-16)13-25-9-8-18(14-25)27-21-5-3-4-20(24)19(21)12-22(27)28/h3-5,15-18H,2,6-14H2,1H3/t16-,17-,18-/m0/s1. The van der Waals surface area contributed by atoms with Crippen LogP contribution < -0.4 is 4.90 Å². The molecule has 0 spiro atoms. The highest BCUT2D eigenvalue weighted by atomic mass is 19.1. The van der Waals surface area contributed by atoms with Crippen molar-refractivity contribution < 1.29 is 18.7 Å². The zero-order valence-corrected chi connectivity index (χ0v) is 17.6. The number of carbonyl (C=O) groups excluding carboxylic acids is 2. The molecular weight excluding hydrogens is 385 g/mol. The van der Waals surface area contributed by atoms with Crippen LogP contribution in [0.2, 0.25) is 0 Å². The molecule has 1 aromatic carbocycles. The van der Waals surface area contributed by atoms with Crippen molar-refractivity contribution in [3.8, 4) is 0 Å². The predicted octanol–water partition coefficient (Wildman–Crippen LogP) is 3.19. The zero-order chi connectivity index (χ0) is 20.8. The van der Waals surface area contributed by atoms with Crippen molar-refractivity contribution in [1.82, 2.24) is 9.80 Å². The van der Waals surface area contributed by atoms with Gasteiger partial charge >= 0.3 is 6.09 Å². The van der Waals surface area contributed by atoms with Gasteiger partial charge in [-0.1, -0.05) is 6.07 Å².